The molecule has 0 atom stereocenters. The van der Waals surface area contributed by atoms with Gasteiger partial charge in [-0.2, -0.15) is 0 Å². The second-order valence-corrected chi connectivity index (χ2v) is 42.2. The highest BCUT2D eigenvalue weighted by Gasteiger charge is 2.60. The summed E-state index contributed by atoms with van der Waals surface area (Å²) in [6.07, 6.45) is 0. The summed E-state index contributed by atoms with van der Waals surface area (Å²) >= 11 is 0. The standard InChI is InChI=1S/2C70H45BN2/c2*1-42-36-38-60-58(40-42)71-59-41-43(2)37-39-61(59)73(63-33-16-31-57-67(63)49-23-8-14-29-55(49)70(57)52-26-11-5-20-46(52)47-21-6-12-27-53(47)70)65-35-17-34-64(68(65)71)72(60)62-32-15-30-56-66(62)48-22-7-13-28-54(48)69(56)50-24-9-3-18-44(50)45-19-4-10-25-51(45)69/h2*3-41H,1-2H3. The fraction of sp³-hybridized carbons (Fsp3) is 0.0571. The maximum atomic E-state index is 2.64. The number of fused-ring (bicyclic) bond motifs is 48. The minimum atomic E-state index is -0.450. The topological polar surface area (TPSA) is 13.0 Å². The Kier molecular flexibility index (Phi) is 16.1. The Bertz CT molecular complexity index is 8410. The molecule has 676 valence electrons. The zero-order valence-corrected chi connectivity index (χ0v) is 81.0. The summed E-state index contributed by atoms with van der Waals surface area (Å²) in [4.78, 5) is 10.5. The Morgan fingerprint density at radius 3 is 0.479 bits per heavy atom. The van der Waals surface area contributed by atoms with E-state index >= 15 is 0 Å². The molecule has 146 heavy (non-hydrogen) atoms. The van der Waals surface area contributed by atoms with Crippen LogP contribution in [0.15, 0.2) is 473 Å². The largest absolute Gasteiger partial charge is 0.311 e. The SMILES string of the molecule is Cc1ccc2c(c1)B1c3cc(C)ccc3N(c3cccc4c3-c3ccccc3C43c4ccccc4-c4ccccc43)c3cccc(c31)N2c1cccc2c1-c1ccccc1C21c2ccccc2-c2ccccc21.Cc1ccc2c(c1)B1c3cc(C)ccc3N(c3cccc4c3-c3ccccc3C43c4ccccc4-c4ccccc43)c3cccc(c31)N2c1cccc2c1-c1ccccc1C21c2ccccc2-c2ccccc21. The van der Waals surface area contributed by atoms with Gasteiger partial charge in [-0.25, -0.2) is 0 Å². The van der Waals surface area contributed by atoms with Crippen molar-refractivity contribution in [2.45, 2.75) is 49.4 Å². The van der Waals surface area contributed by atoms with Gasteiger partial charge in [-0.15, -0.1) is 0 Å². The first kappa shape index (κ1) is 80.8. The van der Waals surface area contributed by atoms with Crippen molar-refractivity contribution >= 4 is 114 Å². The molecule has 34 rings (SSSR count). The van der Waals surface area contributed by atoms with Crippen LogP contribution >= 0.6 is 0 Å². The van der Waals surface area contributed by atoms with E-state index in [9.17, 15) is 0 Å². The molecule has 4 heterocycles. The van der Waals surface area contributed by atoms with Gasteiger partial charge in [0.25, 0.3) is 13.4 Å². The number of rotatable bonds is 4. The maximum Gasteiger partial charge on any atom is 0.252 e. The highest BCUT2D eigenvalue weighted by molar-refractivity contribution is 7.01. The summed E-state index contributed by atoms with van der Waals surface area (Å²) in [5.74, 6) is 0. The van der Waals surface area contributed by atoms with Crippen LogP contribution in [-0.2, 0) is 21.7 Å². The lowest BCUT2D eigenvalue weighted by molar-refractivity contribution is 0.793. The average molecular weight is 1850 g/mol. The van der Waals surface area contributed by atoms with E-state index in [0.717, 1.165) is 0 Å². The Morgan fingerprint density at radius 1 is 0.137 bits per heavy atom. The van der Waals surface area contributed by atoms with Gasteiger partial charge in [0.2, 0.25) is 0 Å². The van der Waals surface area contributed by atoms with E-state index in [0.29, 0.717) is 0 Å². The molecule has 0 fully saturated rings. The van der Waals surface area contributed by atoms with Gasteiger partial charge in [-0.3, -0.25) is 0 Å². The Morgan fingerprint density at radius 2 is 0.288 bits per heavy atom. The van der Waals surface area contributed by atoms with Crippen molar-refractivity contribution in [1.82, 2.24) is 0 Å². The molecule has 12 aliphatic rings. The van der Waals surface area contributed by atoms with E-state index in [-0.39, 0.29) is 13.4 Å². The van der Waals surface area contributed by atoms with Gasteiger partial charge in [0.15, 0.2) is 0 Å². The molecule has 0 N–H and O–H groups in total. The fourth-order valence-electron chi connectivity index (χ4n) is 30.6. The van der Waals surface area contributed by atoms with Gasteiger partial charge < -0.3 is 19.6 Å². The quantitative estimate of drug-likeness (QED) is 0.163. The van der Waals surface area contributed by atoms with Crippen molar-refractivity contribution in [3.8, 4) is 89.0 Å². The van der Waals surface area contributed by atoms with Crippen LogP contribution in [0.25, 0.3) is 89.0 Å². The molecule has 0 amide bonds. The minimum absolute atomic E-state index is 0.0106. The fourth-order valence-corrected chi connectivity index (χ4v) is 30.6. The van der Waals surface area contributed by atoms with Gasteiger partial charge in [-0.05, 0) is 289 Å². The zero-order chi connectivity index (χ0) is 95.8. The Hall–Kier alpha value is -17.8. The molecule has 0 bridgehead atoms. The zero-order valence-electron chi connectivity index (χ0n) is 81.0. The number of benzene rings is 22. The molecule has 0 saturated heterocycles. The van der Waals surface area contributed by atoms with Crippen molar-refractivity contribution in [3.05, 3.63) is 584 Å². The normalized spacial score (nSPS) is 15.1. The number of hydrogen-bond donors (Lipinski definition) is 0. The number of hydrogen-bond acceptors (Lipinski definition) is 4. The van der Waals surface area contributed by atoms with Crippen LogP contribution in [0.2, 0.25) is 0 Å². The van der Waals surface area contributed by atoms with Gasteiger partial charge >= 0.3 is 0 Å². The molecule has 4 aliphatic heterocycles. The van der Waals surface area contributed by atoms with Crippen molar-refractivity contribution in [3.63, 3.8) is 0 Å². The summed E-state index contributed by atoms with van der Waals surface area (Å²) in [6, 6.07) is 182. The lowest BCUT2D eigenvalue weighted by Gasteiger charge is -2.45. The van der Waals surface area contributed by atoms with E-state index in [1.807, 2.05) is 0 Å². The molecular weight excluding hydrogens is 1760 g/mol. The summed E-state index contributed by atoms with van der Waals surface area (Å²) in [6.45, 7) is 9.05. The predicted molar refractivity (Wildman–Crippen MR) is 605 cm³/mol. The van der Waals surface area contributed by atoms with Crippen molar-refractivity contribution in [2.75, 3.05) is 19.6 Å². The van der Waals surface area contributed by atoms with E-state index in [1.165, 1.54) is 301 Å². The van der Waals surface area contributed by atoms with Crippen LogP contribution in [0.4, 0.5) is 68.2 Å². The van der Waals surface area contributed by atoms with Crippen LogP contribution in [-0.4, -0.2) is 13.4 Å². The first-order valence-electron chi connectivity index (χ1n) is 51.8. The summed E-state index contributed by atoms with van der Waals surface area (Å²) in [5, 5.41) is 0. The van der Waals surface area contributed by atoms with E-state index < -0.39 is 21.7 Å². The maximum absolute atomic E-state index is 2.64. The highest BCUT2D eigenvalue weighted by atomic mass is 15.2. The number of aryl methyl sites for hydroxylation is 4. The summed E-state index contributed by atoms with van der Waals surface area (Å²) in [7, 11) is 0. The van der Waals surface area contributed by atoms with Gasteiger partial charge in [0.05, 0.1) is 44.4 Å². The lowest BCUT2D eigenvalue weighted by atomic mass is 9.33. The van der Waals surface area contributed by atoms with Gasteiger partial charge in [0, 0.05) is 67.8 Å². The lowest BCUT2D eigenvalue weighted by Crippen LogP contribution is -2.61. The average Bonchev–Trinajstić information content (AvgIpc) is 1.49. The molecule has 0 unspecified atom stereocenters. The second-order valence-electron chi connectivity index (χ2n) is 42.2. The third-order valence-corrected chi connectivity index (χ3v) is 35.6. The first-order valence-corrected chi connectivity index (χ1v) is 51.8. The summed E-state index contributed by atoms with van der Waals surface area (Å²) < 4.78 is 0. The third-order valence-electron chi connectivity index (χ3n) is 35.6. The molecule has 0 saturated carbocycles. The monoisotopic (exact) mass is 1850 g/mol. The van der Waals surface area contributed by atoms with Crippen LogP contribution in [0, 0.1) is 27.7 Å². The van der Waals surface area contributed by atoms with E-state index in [1.54, 1.807) is 0 Å². The second kappa shape index (κ2) is 29.0. The molecule has 8 aliphatic carbocycles. The number of anilines is 12. The minimum Gasteiger partial charge on any atom is -0.311 e. The van der Waals surface area contributed by atoms with Gasteiger partial charge in [0.1, 0.15) is 0 Å². The molecular formula is C140H90B2N4. The third kappa shape index (κ3) is 9.75. The first-order chi connectivity index (χ1) is 72.2. The van der Waals surface area contributed by atoms with Crippen molar-refractivity contribution in [2.24, 2.45) is 0 Å². The van der Waals surface area contributed by atoms with Crippen molar-refractivity contribution < 1.29 is 0 Å². The highest BCUT2D eigenvalue weighted by Crippen LogP contribution is 2.72. The van der Waals surface area contributed by atoms with Gasteiger partial charge in [-0.1, -0.05) is 423 Å². The molecule has 22 aromatic carbocycles. The summed E-state index contributed by atoms with van der Waals surface area (Å²) in [5.41, 5.74) is 68.5. The van der Waals surface area contributed by atoms with Crippen LogP contribution in [0.1, 0.15) is 111 Å². The van der Waals surface area contributed by atoms with E-state index in [4.69, 9.17) is 0 Å². The predicted octanol–water partition coefficient (Wildman–Crippen LogP) is 30.1. The van der Waals surface area contributed by atoms with Crippen molar-refractivity contribution in [1.29, 1.82) is 0 Å². The van der Waals surface area contributed by atoms with Crippen LogP contribution in [0.5, 0.6) is 0 Å². The van der Waals surface area contributed by atoms with Crippen LogP contribution < -0.4 is 52.4 Å². The molecule has 22 aromatic rings. The molecule has 4 nitrogen and oxygen atoms in total. The Labute approximate surface area is 850 Å². The molecule has 0 radical (unpaired) electrons. The molecule has 0 aromatic heterocycles. The smallest absolute Gasteiger partial charge is 0.252 e. The van der Waals surface area contributed by atoms with Crippen LogP contribution in [0.3, 0.4) is 0 Å². The Balaban J connectivity index is 0.000000128. The van der Waals surface area contributed by atoms with E-state index in [2.05, 4.69) is 520 Å². The molecule has 4 spiro atoms. The number of nitrogens with zero attached hydrogens (tertiary/aromatic N) is 4. The molecule has 6 heteroatoms.